The Morgan fingerprint density at radius 1 is 0.526 bits per heavy atom. The molecular weight excluding hydrogens is 743 g/mol. The summed E-state index contributed by atoms with van der Waals surface area (Å²) in [5, 5.41) is 18.3. The van der Waals surface area contributed by atoms with E-state index in [0.717, 1.165) is 44.9 Å². The van der Waals surface area contributed by atoms with E-state index in [0.29, 0.717) is 25.7 Å². The van der Waals surface area contributed by atoms with Crippen molar-refractivity contribution in [3.05, 3.63) is 85.1 Å². The first-order valence-corrected chi connectivity index (χ1v) is 23.0. The number of rotatable bonds is 39. The summed E-state index contributed by atoms with van der Waals surface area (Å²) in [6.07, 6.45) is 48.5. The molecule has 0 bridgehead atoms. The molecule has 0 aliphatic carbocycles. The Hall–Kier alpha value is -2.85. The molecule has 57 heavy (non-hydrogen) atoms. The van der Waals surface area contributed by atoms with Crippen molar-refractivity contribution in [3.8, 4) is 0 Å². The molecule has 0 aliphatic heterocycles. The third kappa shape index (κ3) is 41.1. The second-order valence-corrected chi connectivity index (χ2v) is 15.5. The molecule has 3 N–H and O–H groups in total. The molecule has 0 amide bonds. The first-order chi connectivity index (χ1) is 27.7. The molecule has 0 saturated heterocycles. The molecule has 10 nitrogen and oxygen atoms in total. The number of aliphatic hydroxyl groups is 2. The van der Waals surface area contributed by atoms with Gasteiger partial charge in [0.25, 0.3) is 0 Å². The average molecular weight is 821 g/mol. The molecule has 1 unspecified atom stereocenters. The fourth-order valence-electron chi connectivity index (χ4n) is 5.18. The number of phosphoric acid groups is 1. The Kier molecular flexibility index (Phi) is 39.2. The van der Waals surface area contributed by atoms with Crippen LogP contribution in [0.5, 0.6) is 0 Å². The minimum absolute atomic E-state index is 0.0963. The predicted molar refractivity (Wildman–Crippen MR) is 233 cm³/mol. The summed E-state index contributed by atoms with van der Waals surface area (Å²) in [4.78, 5) is 34.9. The molecule has 0 aromatic heterocycles. The van der Waals surface area contributed by atoms with Crippen molar-refractivity contribution in [1.82, 2.24) is 0 Å². The van der Waals surface area contributed by atoms with E-state index in [1.54, 1.807) is 0 Å². The smallest absolute Gasteiger partial charge is 0.462 e. The van der Waals surface area contributed by atoms with Gasteiger partial charge >= 0.3 is 19.8 Å². The number of allylic oxidation sites excluding steroid dienone is 14. The van der Waals surface area contributed by atoms with Crippen LogP contribution in [0.15, 0.2) is 85.1 Å². The number of phosphoric ester groups is 1. The zero-order valence-electron chi connectivity index (χ0n) is 35.3. The summed E-state index contributed by atoms with van der Waals surface area (Å²) in [5.41, 5.74) is 0. The molecule has 11 heteroatoms. The van der Waals surface area contributed by atoms with E-state index in [2.05, 4.69) is 85.2 Å². The van der Waals surface area contributed by atoms with E-state index in [-0.39, 0.29) is 19.4 Å². The zero-order valence-corrected chi connectivity index (χ0v) is 36.2. The molecule has 0 spiro atoms. The monoisotopic (exact) mass is 821 g/mol. The van der Waals surface area contributed by atoms with Crippen LogP contribution in [0.25, 0.3) is 0 Å². The van der Waals surface area contributed by atoms with Gasteiger partial charge in [-0.15, -0.1) is 0 Å². The van der Waals surface area contributed by atoms with Crippen LogP contribution in [0.3, 0.4) is 0 Å². The first-order valence-electron chi connectivity index (χ1n) is 21.5. The molecule has 326 valence electrons. The van der Waals surface area contributed by atoms with Gasteiger partial charge in [-0.05, 0) is 83.5 Å². The highest BCUT2D eigenvalue weighted by Gasteiger charge is 2.27. The van der Waals surface area contributed by atoms with Crippen molar-refractivity contribution in [3.63, 3.8) is 0 Å². The lowest BCUT2D eigenvalue weighted by Gasteiger charge is -2.20. The third-order valence-electron chi connectivity index (χ3n) is 8.52. The van der Waals surface area contributed by atoms with Gasteiger partial charge in [-0.3, -0.25) is 18.6 Å². The number of hydrogen-bond acceptors (Lipinski definition) is 9. The van der Waals surface area contributed by atoms with E-state index in [9.17, 15) is 24.2 Å². The Morgan fingerprint density at radius 2 is 0.912 bits per heavy atom. The molecule has 0 saturated carbocycles. The summed E-state index contributed by atoms with van der Waals surface area (Å²) in [6, 6.07) is 0. The highest BCUT2D eigenvalue weighted by atomic mass is 31.2. The van der Waals surface area contributed by atoms with Gasteiger partial charge in [0, 0.05) is 12.8 Å². The van der Waals surface area contributed by atoms with E-state index in [1.807, 2.05) is 18.2 Å². The molecule has 0 fully saturated rings. The fourth-order valence-corrected chi connectivity index (χ4v) is 5.97. The molecule has 0 aliphatic rings. The first kappa shape index (κ1) is 54.2. The van der Waals surface area contributed by atoms with Crippen LogP contribution in [0.1, 0.15) is 155 Å². The minimum atomic E-state index is -4.65. The average Bonchev–Trinajstić information content (AvgIpc) is 3.20. The van der Waals surface area contributed by atoms with E-state index in [1.165, 1.54) is 57.8 Å². The van der Waals surface area contributed by atoms with Gasteiger partial charge in [0.05, 0.1) is 19.8 Å². The maximum absolute atomic E-state index is 12.6. The van der Waals surface area contributed by atoms with Crippen molar-refractivity contribution in [2.75, 3.05) is 26.4 Å². The van der Waals surface area contributed by atoms with Gasteiger partial charge in [-0.25, -0.2) is 4.57 Å². The number of esters is 2. The summed E-state index contributed by atoms with van der Waals surface area (Å²) in [6.45, 7) is 2.20. The van der Waals surface area contributed by atoms with Crippen LogP contribution >= 0.6 is 7.82 Å². The van der Waals surface area contributed by atoms with Crippen molar-refractivity contribution in [2.24, 2.45) is 0 Å². The molecule has 0 heterocycles. The van der Waals surface area contributed by atoms with Crippen LogP contribution < -0.4 is 0 Å². The van der Waals surface area contributed by atoms with Gasteiger partial charge in [0.15, 0.2) is 6.10 Å². The number of ether oxygens (including phenoxy) is 2. The normalized spacial score (nSPS) is 14.7. The molecule has 0 aromatic rings. The van der Waals surface area contributed by atoms with Crippen molar-refractivity contribution >= 4 is 19.8 Å². The third-order valence-corrected chi connectivity index (χ3v) is 9.47. The second kappa shape index (κ2) is 41.3. The molecular formula is C46H77O10P. The second-order valence-electron chi connectivity index (χ2n) is 14.0. The number of carbonyl (C=O) groups is 2. The Morgan fingerprint density at radius 3 is 1.40 bits per heavy atom. The van der Waals surface area contributed by atoms with Crippen molar-refractivity contribution in [2.45, 2.75) is 167 Å². The summed E-state index contributed by atoms with van der Waals surface area (Å²) >= 11 is 0. The summed E-state index contributed by atoms with van der Waals surface area (Å²) in [7, 11) is -4.65. The predicted octanol–water partition coefficient (Wildman–Crippen LogP) is 11.4. The van der Waals surface area contributed by atoms with E-state index in [4.69, 9.17) is 19.1 Å². The van der Waals surface area contributed by atoms with Crippen LogP contribution in [-0.2, 0) is 32.7 Å². The number of unbranched alkanes of at least 4 members (excludes halogenated alkanes) is 11. The number of aliphatic hydroxyl groups excluding tert-OH is 2. The Balaban J connectivity index is 4.50. The van der Waals surface area contributed by atoms with Crippen molar-refractivity contribution < 1.29 is 47.8 Å². The lowest BCUT2D eigenvalue weighted by atomic mass is 10.1. The quantitative estimate of drug-likeness (QED) is 0.0237. The van der Waals surface area contributed by atoms with Crippen LogP contribution in [-0.4, -0.2) is 65.7 Å². The Labute approximate surface area is 345 Å². The van der Waals surface area contributed by atoms with Gasteiger partial charge < -0.3 is 24.6 Å². The van der Waals surface area contributed by atoms with Crippen LogP contribution in [0, 0.1) is 0 Å². The lowest BCUT2D eigenvalue weighted by Crippen LogP contribution is -2.29. The SMILES string of the molecule is CCCCC/C=C\C/C=C\C/C=C\C/C=C\CCCC(=O)OC[C@H](COP(=O)(O)OC[C@@H](O)CO)OC(=O)CCC/C=C\C/C=C\C/C=C\CCCCCCCC. The Bertz CT molecular complexity index is 1220. The molecule has 0 rings (SSSR count). The maximum atomic E-state index is 12.6. The molecule has 0 aromatic carbocycles. The van der Waals surface area contributed by atoms with Gasteiger partial charge in [0.2, 0.25) is 0 Å². The fraction of sp³-hybridized carbons (Fsp3) is 0.652. The highest BCUT2D eigenvalue weighted by Crippen LogP contribution is 2.43. The van der Waals surface area contributed by atoms with Crippen molar-refractivity contribution in [1.29, 1.82) is 0 Å². The van der Waals surface area contributed by atoms with Gasteiger partial charge in [-0.1, -0.05) is 144 Å². The summed E-state index contributed by atoms with van der Waals surface area (Å²) in [5.74, 6) is -1.06. The standard InChI is InChI=1S/C46H77O10P/c1-3-5-7-9-11-13-15-17-19-21-23-25-27-29-31-33-35-37-45(49)53-41-44(42-55-57(51,52)54-40-43(48)39-47)56-46(50)38-36-34-32-30-28-26-24-22-20-18-16-14-12-10-8-6-4-2/h11,13,17-20,23-26,29-32,43-44,47-48H,3-10,12,14-16,21-22,27-28,33-42H2,1-2H3,(H,51,52)/b13-11-,19-17-,20-18-,25-23-,26-24-,31-29-,32-30-/t43-,44+/m0/s1. The van der Waals surface area contributed by atoms with E-state index >= 15 is 0 Å². The highest BCUT2D eigenvalue weighted by molar-refractivity contribution is 7.47. The van der Waals surface area contributed by atoms with Gasteiger partial charge in [0.1, 0.15) is 12.7 Å². The van der Waals surface area contributed by atoms with Gasteiger partial charge in [-0.2, -0.15) is 0 Å². The van der Waals surface area contributed by atoms with Crippen LogP contribution in [0.4, 0.5) is 0 Å². The largest absolute Gasteiger partial charge is 0.472 e. The number of carbonyl (C=O) groups excluding carboxylic acids is 2. The summed E-state index contributed by atoms with van der Waals surface area (Å²) < 4.78 is 32.6. The molecule has 3 atom stereocenters. The molecule has 0 radical (unpaired) electrons. The van der Waals surface area contributed by atoms with Crippen LogP contribution in [0.2, 0.25) is 0 Å². The lowest BCUT2D eigenvalue weighted by molar-refractivity contribution is -0.161. The zero-order chi connectivity index (χ0) is 41.9. The maximum Gasteiger partial charge on any atom is 0.472 e. The topological polar surface area (TPSA) is 149 Å². The minimum Gasteiger partial charge on any atom is -0.462 e. The number of hydrogen-bond donors (Lipinski definition) is 3. The van der Waals surface area contributed by atoms with E-state index < -0.39 is 51.8 Å².